The highest BCUT2D eigenvalue weighted by molar-refractivity contribution is 5.82. The molecule has 0 unspecified atom stereocenters. The number of rotatable bonds is 6. The zero-order valence-corrected chi connectivity index (χ0v) is 15.8. The van der Waals surface area contributed by atoms with E-state index >= 15 is 0 Å². The van der Waals surface area contributed by atoms with Crippen LogP contribution in [-0.2, 0) is 0 Å². The Morgan fingerprint density at radius 1 is 0.889 bits per heavy atom. The van der Waals surface area contributed by atoms with Gasteiger partial charge in [-0.1, -0.05) is 12.1 Å². The number of ether oxygens (including phenoxy) is 2. The third-order valence-electron chi connectivity index (χ3n) is 4.40. The minimum absolute atomic E-state index is 0.406. The molecule has 0 spiro atoms. The summed E-state index contributed by atoms with van der Waals surface area (Å²) in [5.41, 5.74) is 10.7. The Morgan fingerprint density at radius 3 is 2.26 bits per heavy atom. The van der Waals surface area contributed by atoms with E-state index in [1.54, 1.807) is 14.2 Å². The second-order valence-electron chi connectivity index (χ2n) is 6.05. The molecule has 0 aliphatic carbocycles. The fraction of sp³-hybridized carbons (Fsp3) is 0.200. The zero-order valence-electron chi connectivity index (χ0n) is 15.8. The van der Waals surface area contributed by atoms with Gasteiger partial charge in [0.2, 0.25) is 0 Å². The molecular weight excluding hydrogens is 342 g/mol. The number of nitrogens with one attached hydrogen (secondary N) is 2. The molecule has 1 aromatic heterocycles. The number of aryl methyl sites for hydroxylation is 1. The van der Waals surface area contributed by atoms with E-state index in [1.807, 2.05) is 30.3 Å². The lowest BCUT2D eigenvalue weighted by Crippen LogP contribution is -2.06. The van der Waals surface area contributed by atoms with Crippen LogP contribution in [-0.4, -0.2) is 24.2 Å². The largest absolute Gasteiger partial charge is 0.497 e. The standard InChI is InChI=1S/C20H23N5O2/c1-12-6-5-7-15(13(12)2)24-19-18(21)20(23-11-22-19)25-16-10-14(26-3)8-9-17(16)27-4/h5-11H,21H2,1-4H3,(H2,22,23,24,25). The summed E-state index contributed by atoms with van der Waals surface area (Å²) in [5, 5.41) is 6.48. The summed E-state index contributed by atoms with van der Waals surface area (Å²) in [7, 11) is 3.21. The van der Waals surface area contributed by atoms with E-state index in [0.717, 1.165) is 11.3 Å². The molecule has 0 saturated carbocycles. The molecule has 0 saturated heterocycles. The average molecular weight is 365 g/mol. The Labute approximate surface area is 158 Å². The summed E-state index contributed by atoms with van der Waals surface area (Å²) in [6.07, 6.45) is 1.46. The van der Waals surface area contributed by atoms with Gasteiger partial charge in [0, 0.05) is 11.8 Å². The first-order valence-corrected chi connectivity index (χ1v) is 8.46. The van der Waals surface area contributed by atoms with Gasteiger partial charge in [0.15, 0.2) is 11.6 Å². The SMILES string of the molecule is COc1ccc(OC)c(Nc2ncnc(Nc3cccc(C)c3C)c2N)c1. The molecule has 3 rings (SSSR count). The molecular formula is C20H23N5O2. The van der Waals surface area contributed by atoms with Gasteiger partial charge in [0.25, 0.3) is 0 Å². The van der Waals surface area contributed by atoms with Gasteiger partial charge in [-0.05, 0) is 43.2 Å². The van der Waals surface area contributed by atoms with Crippen LogP contribution >= 0.6 is 0 Å². The maximum atomic E-state index is 6.31. The van der Waals surface area contributed by atoms with Crippen molar-refractivity contribution in [3.63, 3.8) is 0 Å². The van der Waals surface area contributed by atoms with Crippen molar-refractivity contribution < 1.29 is 9.47 Å². The molecule has 4 N–H and O–H groups in total. The molecule has 140 valence electrons. The summed E-state index contributed by atoms with van der Waals surface area (Å²) in [6.45, 7) is 4.11. The van der Waals surface area contributed by atoms with E-state index in [-0.39, 0.29) is 0 Å². The van der Waals surface area contributed by atoms with Crippen molar-refractivity contribution in [1.82, 2.24) is 9.97 Å². The number of benzene rings is 2. The van der Waals surface area contributed by atoms with Crippen molar-refractivity contribution in [2.45, 2.75) is 13.8 Å². The highest BCUT2D eigenvalue weighted by Crippen LogP contribution is 2.34. The molecule has 0 atom stereocenters. The van der Waals surface area contributed by atoms with Crippen molar-refractivity contribution in [1.29, 1.82) is 0 Å². The van der Waals surface area contributed by atoms with Crippen LogP contribution in [0.3, 0.4) is 0 Å². The molecule has 27 heavy (non-hydrogen) atoms. The lowest BCUT2D eigenvalue weighted by molar-refractivity contribution is 0.405. The van der Waals surface area contributed by atoms with Crippen LogP contribution in [0.5, 0.6) is 11.5 Å². The summed E-state index contributed by atoms with van der Waals surface area (Å²) < 4.78 is 10.7. The van der Waals surface area contributed by atoms with E-state index < -0.39 is 0 Å². The quantitative estimate of drug-likeness (QED) is 0.603. The molecule has 7 heteroatoms. The number of methoxy groups -OCH3 is 2. The average Bonchev–Trinajstić information content (AvgIpc) is 2.68. The summed E-state index contributed by atoms with van der Waals surface area (Å²) in [4.78, 5) is 8.54. The van der Waals surface area contributed by atoms with Gasteiger partial charge in [0.05, 0.1) is 19.9 Å². The van der Waals surface area contributed by atoms with E-state index in [0.29, 0.717) is 34.5 Å². The molecule has 2 aromatic carbocycles. The van der Waals surface area contributed by atoms with Crippen LogP contribution in [0.1, 0.15) is 11.1 Å². The number of nitrogen functional groups attached to an aromatic ring is 1. The molecule has 0 aliphatic heterocycles. The molecule has 0 radical (unpaired) electrons. The Kier molecular flexibility index (Phi) is 5.30. The van der Waals surface area contributed by atoms with Gasteiger partial charge >= 0.3 is 0 Å². The third kappa shape index (κ3) is 3.87. The topological polar surface area (TPSA) is 94.3 Å². The number of nitrogens with two attached hydrogens (primary N) is 1. The Balaban J connectivity index is 1.93. The van der Waals surface area contributed by atoms with E-state index in [1.165, 1.54) is 11.9 Å². The maximum absolute atomic E-state index is 6.31. The van der Waals surface area contributed by atoms with E-state index in [4.69, 9.17) is 15.2 Å². The molecule has 0 fully saturated rings. The first kappa shape index (κ1) is 18.3. The first-order chi connectivity index (χ1) is 13.0. The van der Waals surface area contributed by atoms with E-state index in [9.17, 15) is 0 Å². The molecule has 0 aliphatic rings. The van der Waals surface area contributed by atoms with Crippen molar-refractivity contribution in [2.24, 2.45) is 0 Å². The van der Waals surface area contributed by atoms with Crippen molar-refractivity contribution in [2.75, 3.05) is 30.6 Å². The number of hydrogen-bond donors (Lipinski definition) is 3. The molecule has 1 heterocycles. The highest BCUT2D eigenvalue weighted by atomic mass is 16.5. The Bertz CT molecular complexity index is 959. The number of hydrogen-bond acceptors (Lipinski definition) is 7. The summed E-state index contributed by atoms with van der Waals surface area (Å²) >= 11 is 0. The monoisotopic (exact) mass is 365 g/mol. The molecule has 0 bridgehead atoms. The summed E-state index contributed by atoms with van der Waals surface area (Å²) in [5.74, 6) is 2.35. The van der Waals surface area contributed by atoms with Gasteiger partial charge in [-0.15, -0.1) is 0 Å². The van der Waals surface area contributed by atoms with Crippen LogP contribution in [0.2, 0.25) is 0 Å². The van der Waals surface area contributed by atoms with Gasteiger partial charge in [-0.25, -0.2) is 9.97 Å². The Morgan fingerprint density at radius 2 is 1.59 bits per heavy atom. The molecule has 7 nitrogen and oxygen atoms in total. The van der Waals surface area contributed by atoms with Crippen LogP contribution < -0.4 is 25.8 Å². The fourth-order valence-corrected chi connectivity index (χ4v) is 2.65. The lowest BCUT2D eigenvalue weighted by atomic mass is 10.1. The molecule has 0 amide bonds. The van der Waals surface area contributed by atoms with Crippen LogP contribution in [0.25, 0.3) is 0 Å². The third-order valence-corrected chi connectivity index (χ3v) is 4.40. The Hall–Kier alpha value is -3.48. The first-order valence-electron chi connectivity index (χ1n) is 8.46. The zero-order chi connectivity index (χ0) is 19.4. The van der Waals surface area contributed by atoms with Gasteiger partial charge in [0.1, 0.15) is 23.5 Å². The second kappa shape index (κ2) is 7.82. The van der Waals surface area contributed by atoms with E-state index in [2.05, 4.69) is 40.5 Å². The normalized spacial score (nSPS) is 10.4. The highest BCUT2D eigenvalue weighted by Gasteiger charge is 2.13. The number of nitrogens with zero attached hydrogens (tertiary/aromatic N) is 2. The number of aromatic nitrogens is 2. The predicted molar refractivity (Wildman–Crippen MR) is 108 cm³/mol. The van der Waals surface area contributed by atoms with Crippen LogP contribution in [0.4, 0.5) is 28.7 Å². The minimum atomic E-state index is 0.406. The number of anilines is 5. The van der Waals surface area contributed by atoms with Crippen LogP contribution in [0, 0.1) is 13.8 Å². The second-order valence-corrected chi connectivity index (χ2v) is 6.05. The summed E-state index contributed by atoms with van der Waals surface area (Å²) in [6, 6.07) is 11.5. The van der Waals surface area contributed by atoms with Crippen LogP contribution in [0.15, 0.2) is 42.7 Å². The smallest absolute Gasteiger partial charge is 0.159 e. The van der Waals surface area contributed by atoms with Crippen molar-refractivity contribution in [3.8, 4) is 11.5 Å². The van der Waals surface area contributed by atoms with Crippen molar-refractivity contribution >= 4 is 28.7 Å². The van der Waals surface area contributed by atoms with Gasteiger partial charge in [-0.2, -0.15) is 0 Å². The molecule has 3 aromatic rings. The van der Waals surface area contributed by atoms with Gasteiger partial charge < -0.3 is 25.8 Å². The predicted octanol–water partition coefficient (Wildman–Crippen LogP) is 4.18. The fourth-order valence-electron chi connectivity index (χ4n) is 2.65. The maximum Gasteiger partial charge on any atom is 0.159 e. The van der Waals surface area contributed by atoms with Gasteiger partial charge in [-0.3, -0.25) is 0 Å². The van der Waals surface area contributed by atoms with Crippen molar-refractivity contribution in [3.05, 3.63) is 53.9 Å². The minimum Gasteiger partial charge on any atom is -0.497 e. The lowest BCUT2D eigenvalue weighted by Gasteiger charge is -2.16.